The molecule has 0 aliphatic heterocycles. The lowest BCUT2D eigenvalue weighted by molar-refractivity contribution is 1.54. The quantitative estimate of drug-likeness (QED) is 0.315. The van der Waals surface area contributed by atoms with Crippen LogP contribution >= 0.6 is 11.6 Å². The minimum atomic E-state index is 0.742. The molecule has 0 saturated carbocycles. The van der Waals surface area contributed by atoms with E-state index >= 15 is 0 Å². The van der Waals surface area contributed by atoms with Crippen molar-refractivity contribution in [3.63, 3.8) is 0 Å². The van der Waals surface area contributed by atoms with Gasteiger partial charge < -0.3 is 5.32 Å². The highest BCUT2D eigenvalue weighted by Gasteiger charge is 2.10. The second-order valence-corrected chi connectivity index (χ2v) is 7.73. The summed E-state index contributed by atoms with van der Waals surface area (Å²) in [5.74, 6) is 0. The predicted molar refractivity (Wildman–Crippen MR) is 130 cm³/mol. The second-order valence-electron chi connectivity index (χ2n) is 7.29. The molecular formula is C28H20ClN. The molecule has 5 rings (SSSR count). The van der Waals surface area contributed by atoms with Gasteiger partial charge in [0.1, 0.15) is 0 Å². The van der Waals surface area contributed by atoms with Crippen LogP contribution in [0.1, 0.15) is 0 Å². The number of anilines is 2. The lowest BCUT2D eigenvalue weighted by atomic mass is 9.98. The van der Waals surface area contributed by atoms with E-state index in [0.29, 0.717) is 0 Å². The maximum Gasteiger partial charge on any atom is 0.0543 e. The van der Waals surface area contributed by atoms with E-state index in [1.165, 1.54) is 21.9 Å². The van der Waals surface area contributed by atoms with Crippen molar-refractivity contribution in [2.75, 3.05) is 5.32 Å². The number of rotatable bonds is 4. The lowest BCUT2D eigenvalue weighted by Crippen LogP contribution is -1.95. The first-order valence-electron chi connectivity index (χ1n) is 9.98. The Kier molecular flexibility index (Phi) is 4.96. The minimum Gasteiger partial charge on any atom is -0.354 e. The zero-order valence-corrected chi connectivity index (χ0v) is 17.1. The van der Waals surface area contributed by atoms with Crippen LogP contribution in [0.25, 0.3) is 33.0 Å². The third-order valence-corrected chi connectivity index (χ3v) is 5.54. The number of hydrogen-bond donors (Lipinski definition) is 1. The number of nitrogens with one attached hydrogen (secondary N) is 1. The van der Waals surface area contributed by atoms with E-state index in [1.807, 2.05) is 24.3 Å². The molecule has 0 saturated heterocycles. The Morgan fingerprint density at radius 3 is 2.07 bits per heavy atom. The highest BCUT2D eigenvalue weighted by Crippen LogP contribution is 2.37. The number of benzene rings is 5. The van der Waals surface area contributed by atoms with Crippen molar-refractivity contribution in [1.29, 1.82) is 0 Å². The molecule has 0 spiro atoms. The van der Waals surface area contributed by atoms with Crippen molar-refractivity contribution in [2.24, 2.45) is 0 Å². The standard InChI is InChI=1S/C28H20ClN/c29-24-13-6-11-22(18-24)23-12-7-14-25(19-23)30-28-26-15-5-4-10-21(26)16-17-27(28)20-8-2-1-3-9-20/h1-19,30H. The van der Waals surface area contributed by atoms with Gasteiger partial charge >= 0.3 is 0 Å². The maximum atomic E-state index is 6.20. The summed E-state index contributed by atoms with van der Waals surface area (Å²) < 4.78 is 0. The zero-order chi connectivity index (χ0) is 20.3. The number of hydrogen-bond acceptors (Lipinski definition) is 1. The lowest BCUT2D eigenvalue weighted by Gasteiger charge is -2.16. The molecule has 1 N–H and O–H groups in total. The van der Waals surface area contributed by atoms with Crippen molar-refractivity contribution in [3.8, 4) is 22.3 Å². The van der Waals surface area contributed by atoms with Crippen LogP contribution in [-0.2, 0) is 0 Å². The smallest absolute Gasteiger partial charge is 0.0543 e. The molecule has 0 atom stereocenters. The van der Waals surface area contributed by atoms with E-state index in [0.717, 1.165) is 27.5 Å². The van der Waals surface area contributed by atoms with Crippen molar-refractivity contribution in [2.45, 2.75) is 0 Å². The molecule has 0 heterocycles. The van der Waals surface area contributed by atoms with Gasteiger partial charge in [-0.1, -0.05) is 103 Å². The Morgan fingerprint density at radius 2 is 1.23 bits per heavy atom. The van der Waals surface area contributed by atoms with Crippen LogP contribution in [0.5, 0.6) is 0 Å². The van der Waals surface area contributed by atoms with Gasteiger partial charge in [-0.25, -0.2) is 0 Å². The molecular weight excluding hydrogens is 386 g/mol. The molecule has 0 radical (unpaired) electrons. The minimum absolute atomic E-state index is 0.742. The largest absolute Gasteiger partial charge is 0.354 e. The van der Waals surface area contributed by atoms with E-state index in [2.05, 4.69) is 96.3 Å². The summed E-state index contributed by atoms with van der Waals surface area (Å²) in [5, 5.41) is 6.86. The Bertz CT molecular complexity index is 1330. The van der Waals surface area contributed by atoms with Crippen LogP contribution in [0.2, 0.25) is 5.02 Å². The molecule has 0 aromatic heterocycles. The first-order chi connectivity index (χ1) is 14.8. The SMILES string of the molecule is Clc1cccc(-c2cccc(Nc3c(-c4ccccc4)ccc4ccccc34)c2)c1. The van der Waals surface area contributed by atoms with Crippen LogP contribution in [0.15, 0.2) is 115 Å². The monoisotopic (exact) mass is 405 g/mol. The summed E-state index contributed by atoms with van der Waals surface area (Å²) in [4.78, 5) is 0. The summed E-state index contributed by atoms with van der Waals surface area (Å²) in [6.45, 7) is 0. The van der Waals surface area contributed by atoms with Crippen molar-refractivity contribution in [1.82, 2.24) is 0 Å². The van der Waals surface area contributed by atoms with Crippen LogP contribution < -0.4 is 5.32 Å². The Labute approximate surface area is 181 Å². The van der Waals surface area contributed by atoms with Gasteiger partial charge in [-0.3, -0.25) is 0 Å². The average Bonchev–Trinajstić information content (AvgIpc) is 2.80. The fourth-order valence-electron chi connectivity index (χ4n) is 3.85. The predicted octanol–water partition coefficient (Wildman–Crippen LogP) is 8.57. The normalized spacial score (nSPS) is 10.8. The molecule has 0 aliphatic carbocycles. The zero-order valence-electron chi connectivity index (χ0n) is 16.3. The van der Waals surface area contributed by atoms with Gasteiger partial charge in [-0.05, 0) is 46.3 Å². The first-order valence-corrected chi connectivity index (χ1v) is 10.4. The van der Waals surface area contributed by atoms with Gasteiger partial charge in [0.25, 0.3) is 0 Å². The molecule has 0 fully saturated rings. The van der Waals surface area contributed by atoms with E-state index in [4.69, 9.17) is 11.6 Å². The summed E-state index contributed by atoms with van der Waals surface area (Å²) in [6.07, 6.45) is 0. The van der Waals surface area contributed by atoms with Crippen LogP contribution in [-0.4, -0.2) is 0 Å². The molecule has 30 heavy (non-hydrogen) atoms. The molecule has 1 nitrogen and oxygen atoms in total. The van der Waals surface area contributed by atoms with Crippen molar-refractivity contribution in [3.05, 3.63) is 120 Å². The van der Waals surface area contributed by atoms with Gasteiger partial charge in [0, 0.05) is 21.7 Å². The third kappa shape index (κ3) is 3.68. The van der Waals surface area contributed by atoms with E-state index in [1.54, 1.807) is 0 Å². The molecule has 5 aromatic carbocycles. The fraction of sp³-hybridized carbons (Fsp3) is 0. The fourth-order valence-corrected chi connectivity index (χ4v) is 4.04. The van der Waals surface area contributed by atoms with Crippen LogP contribution in [0, 0.1) is 0 Å². The van der Waals surface area contributed by atoms with Crippen LogP contribution in [0.3, 0.4) is 0 Å². The van der Waals surface area contributed by atoms with Gasteiger partial charge in [0.2, 0.25) is 0 Å². The van der Waals surface area contributed by atoms with E-state index < -0.39 is 0 Å². The molecule has 0 aliphatic rings. The second kappa shape index (κ2) is 8.06. The van der Waals surface area contributed by atoms with E-state index in [-0.39, 0.29) is 0 Å². The summed E-state index contributed by atoms with van der Waals surface area (Å²) in [6, 6.07) is 39.8. The molecule has 0 amide bonds. The molecule has 0 bridgehead atoms. The van der Waals surface area contributed by atoms with Crippen molar-refractivity contribution < 1.29 is 0 Å². The summed E-state index contributed by atoms with van der Waals surface area (Å²) >= 11 is 6.20. The maximum absolute atomic E-state index is 6.20. The Morgan fingerprint density at radius 1 is 0.533 bits per heavy atom. The molecule has 5 aromatic rings. The molecule has 0 unspecified atom stereocenters. The topological polar surface area (TPSA) is 12.0 Å². The Balaban J connectivity index is 1.63. The van der Waals surface area contributed by atoms with Crippen molar-refractivity contribution >= 4 is 33.7 Å². The first kappa shape index (κ1) is 18.5. The summed E-state index contributed by atoms with van der Waals surface area (Å²) in [7, 11) is 0. The van der Waals surface area contributed by atoms with Gasteiger partial charge in [0.05, 0.1) is 5.69 Å². The van der Waals surface area contributed by atoms with Gasteiger partial charge in [-0.15, -0.1) is 0 Å². The number of halogens is 1. The molecule has 144 valence electrons. The molecule has 2 heteroatoms. The highest BCUT2D eigenvalue weighted by molar-refractivity contribution is 6.30. The van der Waals surface area contributed by atoms with E-state index in [9.17, 15) is 0 Å². The number of fused-ring (bicyclic) bond motifs is 1. The Hall–Kier alpha value is -3.55. The van der Waals surface area contributed by atoms with Crippen LogP contribution in [0.4, 0.5) is 11.4 Å². The van der Waals surface area contributed by atoms with Gasteiger partial charge in [-0.2, -0.15) is 0 Å². The summed E-state index contributed by atoms with van der Waals surface area (Å²) in [5.41, 5.74) is 6.76. The highest BCUT2D eigenvalue weighted by atomic mass is 35.5. The third-order valence-electron chi connectivity index (χ3n) is 5.30. The average molecular weight is 406 g/mol. The van der Waals surface area contributed by atoms with Gasteiger partial charge in [0.15, 0.2) is 0 Å².